The minimum absolute atomic E-state index is 0.0174. The zero-order valence-electron chi connectivity index (χ0n) is 11.0. The molecule has 0 fully saturated rings. The molecule has 100 valence electrons. The molecule has 1 heterocycles. The molecule has 1 aliphatic heterocycles. The van der Waals surface area contributed by atoms with E-state index in [4.69, 9.17) is 0 Å². The van der Waals surface area contributed by atoms with Gasteiger partial charge in [-0.3, -0.25) is 4.79 Å². The Hall–Kier alpha value is -1.94. The number of halogens is 1. The lowest BCUT2D eigenvalue weighted by Crippen LogP contribution is -2.24. The predicted molar refractivity (Wildman–Crippen MR) is 84.0 cm³/mol. The molecule has 3 nitrogen and oxygen atoms in total. The normalized spacial score (nSPS) is 17.8. The second-order valence-corrected chi connectivity index (χ2v) is 5.70. The summed E-state index contributed by atoms with van der Waals surface area (Å²) in [4.78, 5) is 12.5. The molecule has 1 amide bonds. The van der Waals surface area contributed by atoms with Gasteiger partial charge in [0, 0.05) is 10.7 Å². The third kappa shape index (κ3) is 2.39. The third-order valence-electron chi connectivity index (χ3n) is 3.31. The molecule has 0 saturated carbocycles. The lowest BCUT2D eigenvalue weighted by molar-refractivity contribution is -0.118. The van der Waals surface area contributed by atoms with Gasteiger partial charge in [-0.25, -0.2) is 5.01 Å². The number of anilines is 1. The second kappa shape index (κ2) is 5.21. The van der Waals surface area contributed by atoms with Gasteiger partial charge in [-0.1, -0.05) is 45.8 Å². The van der Waals surface area contributed by atoms with Crippen molar-refractivity contribution < 1.29 is 4.79 Å². The Morgan fingerprint density at radius 3 is 2.35 bits per heavy atom. The monoisotopic (exact) mass is 328 g/mol. The van der Waals surface area contributed by atoms with E-state index in [-0.39, 0.29) is 11.8 Å². The third-order valence-corrected chi connectivity index (χ3v) is 3.84. The van der Waals surface area contributed by atoms with Crippen molar-refractivity contribution in [2.24, 2.45) is 5.10 Å². The standard InChI is InChI=1S/C16H13BrN2O/c1-11-2-4-12(5-3-11)15-10-18-19(16(15)20)14-8-6-13(17)7-9-14/h2-10,15H,1H3/t15-/m0/s1. The quantitative estimate of drug-likeness (QED) is 0.823. The smallest absolute Gasteiger partial charge is 0.260 e. The highest BCUT2D eigenvalue weighted by molar-refractivity contribution is 9.10. The molecular weight excluding hydrogens is 316 g/mol. The number of carbonyl (C=O) groups excluding carboxylic acids is 1. The summed E-state index contributed by atoms with van der Waals surface area (Å²) < 4.78 is 0.979. The van der Waals surface area contributed by atoms with E-state index >= 15 is 0 Å². The van der Waals surface area contributed by atoms with Crippen LogP contribution in [-0.4, -0.2) is 12.1 Å². The second-order valence-electron chi connectivity index (χ2n) is 4.78. The fraction of sp³-hybridized carbons (Fsp3) is 0.125. The molecule has 20 heavy (non-hydrogen) atoms. The van der Waals surface area contributed by atoms with E-state index in [1.165, 1.54) is 10.6 Å². The SMILES string of the molecule is Cc1ccc([C@@H]2C=NN(c3ccc(Br)cc3)C2=O)cc1. The highest BCUT2D eigenvalue weighted by Gasteiger charge is 2.30. The maximum absolute atomic E-state index is 12.5. The summed E-state index contributed by atoms with van der Waals surface area (Å²) >= 11 is 3.38. The van der Waals surface area contributed by atoms with Crippen molar-refractivity contribution in [1.29, 1.82) is 0 Å². The molecular formula is C16H13BrN2O. The first-order valence-electron chi connectivity index (χ1n) is 6.35. The molecule has 0 N–H and O–H groups in total. The average Bonchev–Trinajstić information content (AvgIpc) is 2.83. The van der Waals surface area contributed by atoms with Crippen LogP contribution in [0.15, 0.2) is 58.1 Å². The van der Waals surface area contributed by atoms with Crippen molar-refractivity contribution in [2.75, 3.05) is 5.01 Å². The van der Waals surface area contributed by atoms with Crippen LogP contribution in [0, 0.1) is 6.92 Å². The zero-order chi connectivity index (χ0) is 14.1. The van der Waals surface area contributed by atoms with Crippen molar-refractivity contribution in [3.63, 3.8) is 0 Å². The van der Waals surface area contributed by atoms with Crippen LogP contribution in [0.25, 0.3) is 0 Å². The van der Waals surface area contributed by atoms with E-state index in [2.05, 4.69) is 21.0 Å². The van der Waals surface area contributed by atoms with Crippen molar-refractivity contribution in [1.82, 2.24) is 0 Å². The average molecular weight is 329 g/mol. The number of carbonyl (C=O) groups is 1. The molecule has 2 aromatic carbocycles. The van der Waals surface area contributed by atoms with Crippen LogP contribution in [0.5, 0.6) is 0 Å². The molecule has 1 atom stereocenters. The minimum atomic E-state index is -0.292. The van der Waals surface area contributed by atoms with Gasteiger partial charge in [0.25, 0.3) is 5.91 Å². The number of hydrazone groups is 1. The van der Waals surface area contributed by atoms with Gasteiger partial charge in [-0.2, -0.15) is 5.10 Å². The van der Waals surface area contributed by atoms with Crippen molar-refractivity contribution in [3.05, 3.63) is 64.1 Å². The van der Waals surface area contributed by atoms with Crippen LogP contribution in [-0.2, 0) is 4.79 Å². The Morgan fingerprint density at radius 2 is 1.70 bits per heavy atom. The van der Waals surface area contributed by atoms with Crippen LogP contribution < -0.4 is 5.01 Å². The van der Waals surface area contributed by atoms with E-state index in [0.29, 0.717) is 0 Å². The topological polar surface area (TPSA) is 32.7 Å². The van der Waals surface area contributed by atoms with Crippen molar-refractivity contribution in [2.45, 2.75) is 12.8 Å². The largest absolute Gasteiger partial charge is 0.271 e. The number of benzene rings is 2. The summed E-state index contributed by atoms with van der Waals surface area (Å²) in [6, 6.07) is 15.5. The van der Waals surface area contributed by atoms with E-state index in [1.54, 1.807) is 6.21 Å². The molecule has 0 spiro atoms. The number of amides is 1. The number of rotatable bonds is 2. The molecule has 1 aliphatic rings. The summed E-state index contributed by atoms with van der Waals surface area (Å²) in [6.45, 7) is 2.03. The van der Waals surface area contributed by atoms with E-state index in [9.17, 15) is 4.79 Å². The molecule has 0 unspecified atom stereocenters. The van der Waals surface area contributed by atoms with Gasteiger partial charge >= 0.3 is 0 Å². The van der Waals surface area contributed by atoms with Gasteiger partial charge in [0.15, 0.2) is 0 Å². The van der Waals surface area contributed by atoms with Crippen LogP contribution in [0.2, 0.25) is 0 Å². The molecule has 0 radical (unpaired) electrons. The Labute approximate surface area is 126 Å². The maximum atomic E-state index is 12.5. The lowest BCUT2D eigenvalue weighted by atomic mass is 9.99. The Morgan fingerprint density at radius 1 is 1.05 bits per heavy atom. The molecule has 3 rings (SSSR count). The maximum Gasteiger partial charge on any atom is 0.260 e. The summed E-state index contributed by atoms with van der Waals surface area (Å²) in [5, 5.41) is 5.70. The zero-order valence-corrected chi connectivity index (χ0v) is 12.5. The molecule has 0 aliphatic carbocycles. The number of hydrogen-bond donors (Lipinski definition) is 0. The number of nitrogens with zero attached hydrogens (tertiary/aromatic N) is 2. The molecule has 2 aromatic rings. The van der Waals surface area contributed by atoms with Gasteiger partial charge in [0.1, 0.15) is 5.92 Å². The van der Waals surface area contributed by atoms with Crippen LogP contribution in [0.3, 0.4) is 0 Å². The molecule has 0 saturated heterocycles. The Bertz CT molecular complexity index is 604. The first-order chi connectivity index (χ1) is 9.65. The molecule has 4 heteroatoms. The van der Waals surface area contributed by atoms with Crippen LogP contribution in [0.1, 0.15) is 17.0 Å². The Kier molecular flexibility index (Phi) is 3.40. The summed E-state index contributed by atoms with van der Waals surface area (Å²) in [5.74, 6) is -0.310. The van der Waals surface area contributed by atoms with E-state index in [0.717, 1.165) is 15.7 Å². The van der Waals surface area contributed by atoms with Gasteiger partial charge in [0.05, 0.1) is 5.69 Å². The van der Waals surface area contributed by atoms with Gasteiger partial charge in [-0.05, 0) is 36.8 Å². The van der Waals surface area contributed by atoms with Crippen LogP contribution in [0.4, 0.5) is 5.69 Å². The molecule has 0 bridgehead atoms. The highest BCUT2D eigenvalue weighted by atomic mass is 79.9. The van der Waals surface area contributed by atoms with Crippen molar-refractivity contribution in [3.8, 4) is 0 Å². The fourth-order valence-corrected chi connectivity index (χ4v) is 2.43. The van der Waals surface area contributed by atoms with E-state index < -0.39 is 0 Å². The summed E-state index contributed by atoms with van der Waals surface area (Å²) in [5.41, 5.74) is 2.94. The Balaban J connectivity index is 1.86. The van der Waals surface area contributed by atoms with E-state index in [1.807, 2.05) is 55.5 Å². The van der Waals surface area contributed by atoms with Crippen LogP contribution >= 0.6 is 15.9 Å². The van der Waals surface area contributed by atoms with Crippen molar-refractivity contribution >= 4 is 33.7 Å². The summed E-state index contributed by atoms with van der Waals surface area (Å²) in [7, 11) is 0. The predicted octanol–water partition coefficient (Wildman–Crippen LogP) is 3.87. The summed E-state index contributed by atoms with van der Waals surface area (Å²) in [6.07, 6.45) is 1.70. The minimum Gasteiger partial charge on any atom is -0.271 e. The first kappa shape index (κ1) is 13.1. The molecule has 0 aromatic heterocycles. The first-order valence-corrected chi connectivity index (χ1v) is 7.14. The van der Waals surface area contributed by atoms with Gasteiger partial charge in [0.2, 0.25) is 0 Å². The van der Waals surface area contributed by atoms with Gasteiger partial charge < -0.3 is 0 Å². The lowest BCUT2D eigenvalue weighted by Gasteiger charge is -2.14. The number of hydrogen-bond acceptors (Lipinski definition) is 2. The highest BCUT2D eigenvalue weighted by Crippen LogP contribution is 2.28. The number of aryl methyl sites for hydroxylation is 1. The fourth-order valence-electron chi connectivity index (χ4n) is 2.16. The van der Waals surface area contributed by atoms with Gasteiger partial charge in [-0.15, -0.1) is 0 Å².